The standard InChI is InChI=1S/C20H19NO4S/c1-15-7-10-18(11-8-15)26(23,24)21-19-12-9-17(22)13-20(19)25-14-16-5-3-2-4-6-16/h2-13,21-22H,14H2,1H3. The molecule has 0 aliphatic rings. The van der Waals surface area contributed by atoms with Gasteiger partial charge in [0.15, 0.2) is 0 Å². The summed E-state index contributed by atoms with van der Waals surface area (Å²) in [6, 6.07) is 20.3. The minimum atomic E-state index is -3.76. The number of hydrogen-bond acceptors (Lipinski definition) is 4. The lowest BCUT2D eigenvalue weighted by molar-refractivity contribution is 0.306. The largest absolute Gasteiger partial charge is 0.508 e. The molecule has 0 aliphatic carbocycles. The van der Waals surface area contributed by atoms with Crippen LogP contribution in [0, 0.1) is 6.92 Å². The third-order valence-electron chi connectivity index (χ3n) is 3.78. The zero-order chi connectivity index (χ0) is 18.6. The van der Waals surface area contributed by atoms with Gasteiger partial charge in [-0.3, -0.25) is 4.72 Å². The summed E-state index contributed by atoms with van der Waals surface area (Å²) < 4.78 is 33.4. The van der Waals surface area contributed by atoms with E-state index in [4.69, 9.17) is 4.74 Å². The van der Waals surface area contributed by atoms with Crippen LogP contribution in [-0.4, -0.2) is 13.5 Å². The summed E-state index contributed by atoms with van der Waals surface area (Å²) in [5, 5.41) is 9.72. The third kappa shape index (κ3) is 4.34. The van der Waals surface area contributed by atoms with E-state index in [2.05, 4.69) is 4.72 Å². The van der Waals surface area contributed by atoms with E-state index in [0.29, 0.717) is 0 Å². The minimum absolute atomic E-state index is 0.00801. The summed E-state index contributed by atoms with van der Waals surface area (Å²) in [5.74, 6) is 0.246. The Morgan fingerprint density at radius 1 is 0.962 bits per heavy atom. The highest BCUT2D eigenvalue weighted by atomic mass is 32.2. The Hall–Kier alpha value is -2.99. The predicted molar refractivity (Wildman–Crippen MR) is 101 cm³/mol. The zero-order valence-corrected chi connectivity index (χ0v) is 15.0. The van der Waals surface area contributed by atoms with Crippen LogP contribution in [0.1, 0.15) is 11.1 Å². The fraction of sp³-hybridized carbons (Fsp3) is 0.100. The molecule has 0 unspecified atom stereocenters. The molecule has 0 radical (unpaired) electrons. The highest BCUT2D eigenvalue weighted by molar-refractivity contribution is 7.92. The average Bonchev–Trinajstić information content (AvgIpc) is 2.63. The van der Waals surface area contributed by atoms with E-state index < -0.39 is 10.0 Å². The zero-order valence-electron chi connectivity index (χ0n) is 14.2. The number of aryl methyl sites for hydroxylation is 1. The summed E-state index contributed by atoms with van der Waals surface area (Å²) in [6.45, 7) is 2.14. The van der Waals surface area contributed by atoms with E-state index in [0.717, 1.165) is 11.1 Å². The number of nitrogens with one attached hydrogen (secondary N) is 1. The van der Waals surface area contributed by atoms with Crippen LogP contribution in [0.15, 0.2) is 77.7 Å². The number of phenolic OH excluding ortho intramolecular Hbond substituents is 1. The van der Waals surface area contributed by atoms with Gasteiger partial charge >= 0.3 is 0 Å². The Labute approximate surface area is 152 Å². The molecule has 3 rings (SSSR count). The molecule has 3 aromatic carbocycles. The Morgan fingerprint density at radius 2 is 1.65 bits per heavy atom. The number of ether oxygens (including phenoxy) is 1. The Kier molecular flexibility index (Phi) is 5.14. The van der Waals surface area contributed by atoms with Gasteiger partial charge in [-0.2, -0.15) is 0 Å². The second kappa shape index (κ2) is 7.49. The van der Waals surface area contributed by atoms with Crippen molar-refractivity contribution in [1.82, 2.24) is 0 Å². The van der Waals surface area contributed by atoms with Crippen LogP contribution >= 0.6 is 0 Å². The molecule has 0 atom stereocenters. The summed E-state index contributed by atoms with van der Waals surface area (Å²) in [4.78, 5) is 0.158. The van der Waals surface area contributed by atoms with Crippen LogP contribution in [0.4, 0.5) is 5.69 Å². The van der Waals surface area contributed by atoms with Crippen molar-refractivity contribution in [2.45, 2.75) is 18.4 Å². The second-order valence-corrected chi connectivity index (χ2v) is 7.56. The molecule has 0 saturated heterocycles. The molecule has 6 heteroatoms. The SMILES string of the molecule is Cc1ccc(S(=O)(=O)Nc2ccc(O)cc2OCc2ccccc2)cc1. The number of sulfonamides is 1. The lowest BCUT2D eigenvalue weighted by atomic mass is 10.2. The second-order valence-electron chi connectivity index (χ2n) is 5.87. The number of anilines is 1. The van der Waals surface area contributed by atoms with Gasteiger partial charge in [0.05, 0.1) is 10.6 Å². The number of rotatable bonds is 6. The van der Waals surface area contributed by atoms with Crippen molar-refractivity contribution in [3.05, 3.63) is 83.9 Å². The highest BCUT2D eigenvalue weighted by Crippen LogP contribution is 2.31. The van der Waals surface area contributed by atoms with E-state index in [1.165, 1.54) is 18.2 Å². The summed E-state index contributed by atoms with van der Waals surface area (Å²) in [6.07, 6.45) is 0. The van der Waals surface area contributed by atoms with Crippen LogP contribution in [-0.2, 0) is 16.6 Å². The lowest BCUT2D eigenvalue weighted by Gasteiger charge is -2.14. The molecule has 134 valence electrons. The smallest absolute Gasteiger partial charge is 0.262 e. The number of aromatic hydroxyl groups is 1. The molecule has 5 nitrogen and oxygen atoms in total. The van der Waals surface area contributed by atoms with Crippen molar-refractivity contribution in [1.29, 1.82) is 0 Å². The fourth-order valence-electron chi connectivity index (χ4n) is 2.37. The maximum atomic E-state index is 12.6. The van der Waals surface area contributed by atoms with Gasteiger partial charge in [-0.25, -0.2) is 8.42 Å². The third-order valence-corrected chi connectivity index (χ3v) is 5.16. The summed E-state index contributed by atoms with van der Waals surface area (Å²) in [5.41, 5.74) is 2.17. The molecule has 26 heavy (non-hydrogen) atoms. The first-order valence-electron chi connectivity index (χ1n) is 8.03. The maximum absolute atomic E-state index is 12.6. The van der Waals surface area contributed by atoms with Crippen LogP contribution in [0.2, 0.25) is 0 Å². The fourth-order valence-corrected chi connectivity index (χ4v) is 3.44. The molecule has 0 fully saturated rings. The maximum Gasteiger partial charge on any atom is 0.262 e. The van der Waals surface area contributed by atoms with E-state index in [-0.39, 0.29) is 28.7 Å². The van der Waals surface area contributed by atoms with Crippen molar-refractivity contribution < 1.29 is 18.3 Å². The molecular formula is C20H19NO4S. The van der Waals surface area contributed by atoms with E-state index in [1.54, 1.807) is 24.3 Å². The monoisotopic (exact) mass is 369 g/mol. The topological polar surface area (TPSA) is 75.6 Å². The van der Waals surface area contributed by atoms with Gasteiger partial charge in [-0.1, -0.05) is 48.0 Å². The molecule has 0 spiro atoms. The highest BCUT2D eigenvalue weighted by Gasteiger charge is 2.17. The lowest BCUT2D eigenvalue weighted by Crippen LogP contribution is -2.14. The van der Waals surface area contributed by atoms with E-state index >= 15 is 0 Å². The first-order valence-corrected chi connectivity index (χ1v) is 9.51. The normalized spacial score (nSPS) is 11.1. The van der Waals surface area contributed by atoms with Crippen molar-refractivity contribution in [3.63, 3.8) is 0 Å². The predicted octanol–water partition coefficient (Wildman–Crippen LogP) is 4.08. The summed E-state index contributed by atoms with van der Waals surface area (Å²) >= 11 is 0. The number of phenols is 1. The van der Waals surface area contributed by atoms with Crippen LogP contribution in [0.25, 0.3) is 0 Å². The quantitative estimate of drug-likeness (QED) is 0.642. The van der Waals surface area contributed by atoms with Crippen molar-refractivity contribution in [3.8, 4) is 11.5 Å². The molecular weight excluding hydrogens is 350 g/mol. The average molecular weight is 369 g/mol. The van der Waals surface area contributed by atoms with Gasteiger partial charge in [-0.15, -0.1) is 0 Å². The molecule has 3 aromatic rings. The van der Waals surface area contributed by atoms with Crippen molar-refractivity contribution >= 4 is 15.7 Å². The summed E-state index contributed by atoms with van der Waals surface area (Å²) in [7, 11) is -3.76. The molecule has 0 heterocycles. The molecule has 0 amide bonds. The Balaban J connectivity index is 1.84. The number of hydrogen-bond donors (Lipinski definition) is 2. The molecule has 0 saturated carbocycles. The molecule has 2 N–H and O–H groups in total. The van der Waals surface area contributed by atoms with Gasteiger partial charge < -0.3 is 9.84 Å². The van der Waals surface area contributed by atoms with Crippen LogP contribution in [0.5, 0.6) is 11.5 Å². The van der Waals surface area contributed by atoms with Crippen LogP contribution < -0.4 is 9.46 Å². The Morgan fingerprint density at radius 3 is 2.35 bits per heavy atom. The first-order chi connectivity index (χ1) is 12.4. The van der Waals surface area contributed by atoms with Crippen molar-refractivity contribution in [2.75, 3.05) is 4.72 Å². The van der Waals surface area contributed by atoms with E-state index in [9.17, 15) is 13.5 Å². The molecule has 0 aliphatic heterocycles. The Bertz CT molecular complexity index is 984. The van der Waals surface area contributed by atoms with Gasteiger partial charge in [-0.05, 0) is 36.8 Å². The van der Waals surface area contributed by atoms with Crippen LogP contribution in [0.3, 0.4) is 0 Å². The first kappa shape index (κ1) is 17.8. The van der Waals surface area contributed by atoms with Gasteiger partial charge in [0.2, 0.25) is 0 Å². The van der Waals surface area contributed by atoms with Gasteiger partial charge in [0.25, 0.3) is 10.0 Å². The molecule has 0 aromatic heterocycles. The van der Waals surface area contributed by atoms with Crippen molar-refractivity contribution in [2.24, 2.45) is 0 Å². The minimum Gasteiger partial charge on any atom is -0.508 e. The number of benzene rings is 3. The molecule has 0 bridgehead atoms. The van der Waals surface area contributed by atoms with E-state index in [1.807, 2.05) is 37.3 Å². The van der Waals surface area contributed by atoms with Gasteiger partial charge in [0, 0.05) is 6.07 Å². The van der Waals surface area contributed by atoms with Gasteiger partial charge in [0.1, 0.15) is 18.1 Å².